The molecule has 2 aliphatic rings. The van der Waals surface area contributed by atoms with E-state index in [-0.39, 0.29) is 60.3 Å². The monoisotopic (exact) mass is 1020 g/mol. The minimum absolute atomic E-state index is 0. The van der Waals surface area contributed by atoms with Gasteiger partial charge in [0.05, 0.1) is 52.4 Å². The second-order valence-electron chi connectivity index (χ2n) is 16.6. The van der Waals surface area contributed by atoms with Gasteiger partial charge in [-0.05, 0) is 95.2 Å². The molecule has 2 aromatic carbocycles. The highest BCUT2D eigenvalue weighted by Gasteiger charge is 2.29. The van der Waals surface area contributed by atoms with Gasteiger partial charge in [0.1, 0.15) is 22.4 Å². The molecule has 2 amide bonds. The van der Waals surface area contributed by atoms with Crippen LogP contribution in [0.3, 0.4) is 0 Å². The SMILES string of the molecule is C.CC(C)OC(=O)N1CCC(c2nn3cc(CO)nc3s2)CC1.CC(C)OC(=O)N1CCC(c2nn3cc(COc4ccc(S(C)(=O)=O)cc4)nc3s2)CC1.CS(=O)(=O)c1ccc(B(O)O)cc1. The number of carbonyl (C=O) groups excluding carboxylic acids is 2. The van der Waals surface area contributed by atoms with E-state index < -0.39 is 26.8 Å². The van der Waals surface area contributed by atoms with Gasteiger partial charge in [-0.3, -0.25) is 0 Å². The molecule has 0 spiro atoms. The van der Waals surface area contributed by atoms with E-state index in [0.717, 1.165) is 57.6 Å². The molecule has 2 fully saturated rings. The molecular weight excluding hydrogens is 960 g/mol. The van der Waals surface area contributed by atoms with Crippen molar-refractivity contribution in [2.24, 2.45) is 0 Å². The number of likely N-dealkylation sites (tertiary alicyclic amines) is 2. The lowest BCUT2D eigenvalue weighted by atomic mass is 9.81. The van der Waals surface area contributed by atoms with Crippen LogP contribution >= 0.6 is 22.7 Å². The summed E-state index contributed by atoms with van der Waals surface area (Å²) in [6, 6.07) is 11.7. The number of hydrogen-bond acceptors (Lipinski definition) is 18. The smallest absolute Gasteiger partial charge is 0.487 e. The zero-order valence-corrected chi connectivity index (χ0v) is 41.2. The normalized spacial score (nSPS) is 14.8. The molecule has 2 aliphatic heterocycles. The van der Waals surface area contributed by atoms with Crippen LogP contribution in [0, 0.1) is 0 Å². The van der Waals surface area contributed by atoms with Crippen LogP contribution in [0.25, 0.3) is 9.92 Å². The van der Waals surface area contributed by atoms with Crippen molar-refractivity contribution >= 4 is 77.0 Å². The second-order valence-corrected chi connectivity index (χ2v) is 22.6. The van der Waals surface area contributed by atoms with Crippen molar-refractivity contribution in [2.75, 3.05) is 38.7 Å². The van der Waals surface area contributed by atoms with Gasteiger partial charge >= 0.3 is 19.3 Å². The molecule has 4 aromatic heterocycles. The number of hydrogen-bond donors (Lipinski definition) is 3. The van der Waals surface area contributed by atoms with Gasteiger partial charge < -0.3 is 39.2 Å². The van der Waals surface area contributed by atoms with E-state index in [0.29, 0.717) is 49.5 Å². The molecule has 0 saturated carbocycles. The minimum Gasteiger partial charge on any atom is -0.487 e. The lowest BCUT2D eigenvalue weighted by Crippen LogP contribution is -2.39. The Balaban J connectivity index is 0.000000208. The fourth-order valence-corrected chi connectivity index (χ4v) is 10.4. The molecule has 3 N–H and O–H groups in total. The van der Waals surface area contributed by atoms with E-state index >= 15 is 0 Å². The van der Waals surface area contributed by atoms with Gasteiger partial charge in [0.25, 0.3) is 0 Å². The molecule has 0 atom stereocenters. The summed E-state index contributed by atoms with van der Waals surface area (Å²) >= 11 is 3.11. The molecule has 2 saturated heterocycles. The molecular formula is C43H59BN8O12S4. The first-order chi connectivity index (χ1) is 31.7. The summed E-state index contributed by atoms with van der Waals surface area (Å²) in [5, 5.41) is 37.8. The summed E-state index contributed by atoms with van der Waals surface area (Å²) in [5.74, 6) is 1.23. The standard InChI is InChI=1S/C21H26N4O5S2.C14H20N4O3S.C7H9BO4S.CH4/c1-14(2)30-21(26)24-10-8-15(9-11-24)19-23-25-12-16(22-20(25)31-19)13-29-17-4-6-18(7-5-17)32(3,27)28;1-9(2)21-14(20)17-5-3-10(4-6-17)12-16-18-7-11(8-19)15-13(18)22-12;1-13(11,12)7-4-2-6(3-5-7)8(9)10;/h4-7,12,14-15H,8-11,13H2,1-3H3;7,9-10,19H,3-6,8H2,1-2H3;2-5,9-10H,1H3;1H4. The Morgan fingerprint density at radius 1 is 0.691 bits per heavy atom. The van der Waals surface area contributed by atoms with Crippen molar-refractivity contribution in [1.82, 2.24) is 39.0 Å². The van der Waals surface area contributed by atoms with Crippen LogP contribution in [0.15, 0.2) is 70.7 Å². The lowest BCUT2D eigenvalue weighted by molar-refractivity contribution is 0.0682. The van der Waals surface area contributed by atoms with Crippen molar-refractivity contribution in [1.29, 1.82) is 0 Å². The van der Waals surface area contributed by atoms with Crippen molar-refractivity contribution < 1.29 is 55.8 Å². The van der Waals surface area contributed by atoms with Gasteiger partial charge in [0, 0.05) is 50.5 Å². The number of aromatic nitrogens is 6. The molecule has 20 nitrogen and oxygen atoms in total. The number of fused-ring (bicyclic) bond motifs is 2. The van der Waals surface area contributed by atoms with Crippen molar-refractivity contribution in [3.63, 3.8) is 0 Å². The number of nitrogens with zero attached hydrogens (tertiary/aromatic N) is 8. The highest BCUT2D eigenvalue weighted by molar-refractivity contribution is 7.91. The number of aliphatic hydroxyl groups excluding tert-OH is 1. The third-order valence-corrected chi connectivity index (χ3v) is 14.9. The van der Waals surface area contributed by atoms with Gasteiger partial charge in [-0.25, -0.2) is 45.4 Å². The first-order valence-electron chi connectivity index (χ1n) is 21.5. The summed E-state index contributed by atoms with van der Waals surface area (Å²) in [6.07, 6.45) is 8.66. The Morgan fingerprint density at radius 2 is 1.09 bits per heavy atom. The summed E-state index contributed by atoms with van der Waals surface area (Å²) in [4.78, 5) is 38.4. The van der Waals surface area contributed by atoms with Gasteiger partial charge in [-0.1, -0.05) is 42.2 Å². The maximum atomic E-state index is 12.1. The topological polar surface area (TPSA) is 258 Å². The summed E-state index contributed by atoms with van der Waals surface area (Å²) in [5.41, 5.74) is 1.65. The van der Waals surface area contributed by atoms with Crippen LogP contribution in [0.4, 0.5) is 9.59 Å². The van der Waals surface area contributed by atoms with Gasteiger partial charge in [-0.15, -0.1) is 0 Å². The Bertz CT molecular complexity index is 2750. The Labute approximate surface area is 404 Å². The molecule has 0 unspecified atom stereocenters. The number of sulfone groups is 2. The van der Waals surface area contributed by atoms with Crippen LogP contribution < -0.4 is 10.2 Å². The predicted molar refractivity (Wildman–Crippen MR) is 258 cm³/mol. The number of ether oxygens (including phenoxy) is 3. The largest absolute Gasteiger partial charge is 0.488 e. The highest BCUT2D eigenvalue weighted by Crippen LogP contribution is 2.33. The van der Waals surface area contributed by atoms with E-state index in [1.807, 2.05) is 33.9 Å². The molecule has 370 valence electrons. The van der Waals surface area contributed by atoms with E-state index in [2.05, 4.69) is 20.2 Å². The third kappa shape index (κ3) is 14.7. The number of aliphatic hydroxyl groups is 1. The number of amides is 2. The zero-order chi connectivity index (χ0) is 48.6. The number of imidazole rings is 2. The zero-order valence-electron chi connectivity index (χ0n) is 38.0. The number of benzene rings is 2. The molecule has 0 bridgehead atoms. The van der Waals surface area contributed by atoms with Gasteiger partial charge in [0.15, 0.2) is 19.7 Å². The Kier molecular flexibility index (Phi) is 18.5. The van der Waals surface area contributed by atoms with E-state index in [1.165, 1.54) is 42.7 Å². The molecule has 6 heterocycles. The highest BCUT2D eigenvalue weighted by atomic mass is 32.2. The van der Waals surface area contributed by atoms with Crippen LogP contribution in [-0.4, -0.2) is 141 Å². The molecule has 25 heteroatoms. The fourth-order valence-electron chi connectivity index (χ4n) is 6.99. The average Bonchev–Trinajstić information content (AvgIpc) is 4.06. The summed E-state index contributed by atoms with van der Waals surface area (Å²) in [7, 11) is -8.00. The number of piperidine rings is 2. The molecule has 8 rings (SSSR count). The van der Waals surface area contributed by atoms with Gasteiger partial charge in [-0.2, -0.15) is 10.2 Å². The summed E-state index contributed by atoms with van der Waals surface area (Å²) in [6.45, 7) is 10.3. The molecule has 0 aliphatic carbocycles. The van der Waals surface area contributed by atoms with Crippen molar-refractivity contribution in [3.05, 3.63) is 82.3 Å². The van der Waals surface area contributed by atoms with E-state index in [4.69, 9.17) is 29.4 Å². The Morgan fingerprint density at radius 3 is 1.46 bits per heavy atom. The maximum Gasteiger partial charge on any atom is 0.488 e. The van der Waals surface area contributed by atoms with Crippen LogP contribution in [0.1, 0.15) is 94.0 Å². The molecule has 68 heavy (non-hydrogen) atoms. The van der Waals surface area contributed by atoms with Crippen molar-refractivity contribution in [3.8, 4) is 5.75 Å². The average molecular weight is 1020 g/mol. The predicted octanol–water partition coefficient (Wildman–Crippen LogP) is 4.91. The lowest BCUT2D eigenvalue weighted by Gasteiger charge is -2.30. The number of carbonyl (C=O) groups is 2. The molecule has 0 radical (unpaired) electrons. The van der Waals surface area contributed by atoms with Crippen molar-refractivity contribution in [2.45, 2.75) is 108 Å². The second kappa shape index (κ2) is 23.4. The first-order valence-corrected chi connectivity index (χ1v) is 26.9. The van der Waals surface area contributed by atoms with E-state index in [1.54, 1.807) is 59.8 Å². The minimum atomic E-state index is -3.23. The summed E-state index contributed by atoms with van der Waals surface area (Å²) < 4.78 is 64.8. The Hall–Kier alpha value is -5.18. The van der Waals surface area contributed by atoms with E-state index in [9.17, 15) is 26.4 Å². The fraction of sp³-hybridized carbons (Fsp3) is 0.488. The third-order valence-electron chi connectivity index (χ3n) is 10.5. The first kappa shape index (κ1) is 53.8. The number of rotatable bonds is 11. The van der Waals surface area contributed by atoms with Crippen LogP contribution in [0.2, 0.25) is 0 Å². The van der Waals surface area contributed by atoms with Crippen LogP contribution in [-0.2, 0) is 42.4 Å². The quantitative estimate of drug-likeness (QED) is 0.146. The molecule has 6 aromatic rings. The van der Waals surface area contributed by atoms with Crippen LogP contribution in [0.5, 0.6) is 5.75 Å². The maximum absolute atomic E-state index is 12.1. The van der Waals surface area contributed by atoms with Gasteiger partial charge in [0.2, 0.25) is 9.92 Å².